The second kappa shape index (κ2) is 10.2. The fraction of sp³-hybridized carbons (Fsp3) is 0.409. The van der Waals surface area contributed by atoms with Gasteiger partial charge in [0, 0.05) is 19.2 Å². The van der Waals surface area contributed by atoms with Gasteiger partial charge in [0.1, 0.15) is 17.1 Å². The van der Waals surface area contributed by atoms with Crippen molar-refractivity contribution < 1.29 is 31.9 Å². The molecular formula is C22H26N2O8S. The average molecular weight is 479 g/mol. The van der Waals surface area contributed by atoms with Crippen LogP contribution in [0.15, 0.2) is 38.4 Å². The van der Waals surface area contributed by atoms with Gasteiger partial charge in [0.05, 0.1) is 17.7 Å². The van der Waals surface area contributed by atoms with E-state index in [0.717, 1.165) is 25.3 Å². The highest BCUT2D eigenvalue weighted by Gasteiger charge is 2.27. The monoisotopic (exact) mass is 478 g/mol. The van der Waals surface area contributed by atoms with E-state index in [-0.39, 0.29) is 27.7 Å². The molecule has 1 N–H and O–H groups in total. The maximum atomic E-state index is 13.0. The number of esters is 1. The Balaban J connectivity index is 1.73. The molecule has 11 heteroatoms. The van der Waals surface area contributed by atoms with Gasteiger partial charge in [-0.15, -0.1) is 0 Å². The molecule has 0 atom stereocenters. The lowest BCUT2D eigenvalue weighted by Gasteiger charge is -2.26. The highest BCUT2D eigenvalue weighted by atomic mass is 32.2. The largest absolute Gasteiger partial charge is 0.495 e. The van der Waals surface area contributed by atoms with Crippen LogP contribution in [0, 0.1) is 13.8 Å². The van der Waals surface area contributed by atoms with Gasteiger partial charge < -0.3 is 19.2 Å². The Morgan fingerprint density at radius 1 is 1.12 bits per heavy atom. The Bertz CT molecular complexity index is 1190. The molecule has 1 aromatic heterocycles. The zero-order chi connectivity index (χ0) is 24.2. The number of carbonyl (C=O) groups excluding carboxylic acids is 2. The number of amides is 1. The summed E-state index contributed by atoms with van der Waals surface area (Å²) in [6.07, 6.45) is 2.59. The zero-order valence-corrected chi connectivity index (χ0v) is 19.5. The summed E-state index contributed by atoms with van der Waals surface area (Å²) in [6, 6.07) is 5.36. The number of piperidine rings is 1. The number of hydrogen-bond acceptors (Lipinski definition) is 8. The summed E-state index contributed by atoms with van der Waals surface area (Å²) in [6.45, 7) is 3.27. The topological polar surface area (TPSA) is 132 Å². The van der Waals surface area contributed by atoms with E-state index in [2.05, 4.69) is 5.32 Å². The van der Waals surface area contributed by atoms with Crippen LogP contribution in [-0.4, -0.2) is 51.4 Å². The molecule has 1 aromatic carbocycles. The van der Waals surface area contributed by atoms with Crippen molar-refractivity contribution in [2.24, 2.45) is 0 Å². The van der Waals surface area contributed by atoms with E-state index >= 15 is 0 Å². The second-order valence-corrected chi connectivity index (χ2v) is 9.57. The molecule has 0 spiro atoms. The lowest BCUT2D eigenvalue weighted by Crippen LogP contribution is -2.35. The Hall–Kier alpha value is -3.18. The maximum Gasteiger partial charge on any atom is 0.342 e. The predicted molar refractivity (Wildman–Crippen MR) is 119 cm³/mol. The van der Waals surface area contributed by atoms with Crippen LogP contribution in [0.1, 0.15) is 40.9 Å². The number of anilines is 1. The first-order valence-electron chi connectivity index (χ1n) is 10.4. The van der Waals surface area contributed by atoms with Crippen molar-refractivity contribution in [3.05, 3.63) is 51.6 Å². The molecule has 0 aliphatic carbocycles. The van der Waals surface area contributed by atoms with Gasteiger partial charge in [-0.2, -0.15) is 4.31 Å². The molecule has 33 heavy (non-hydrogen) atoms. The first-order chi connectivity index (χ1) is 15.6. The van der Waals surface area contributed by atoms with Crippen LogP contribution in [-0.2, 0) is 19.6 Å². The van der Waals surface area contributed by atoms with E-state index in [9.17, 15) is 22.8 Å². The summed E-state index contributed by atoms with van der Waals surface area (Å²) in [5.74, 6) is -1.18. The summed E-state index contributed by atoms with van der Waals surface area (Å²) in [5.41, 5.74) is -0.0264. The number of hydrogen-bond donors (Lipinski definition) is 1. The SMILES string of the molecule is COc1ccc(S(=O)(=O)N2CCCCC2)cc1NC(=O)COC(=O)c1c(C)cc(=O)oc1C. The van der Waals surface area contributed by atoms with Crippen LogP contribution in [0.2, 0.25) is 0 Å². The quantitative estimate of drug-likeness (QED) is 0.599. The lowest BCUT2D eigenvalue weighted by molar-refractivity contribution is -0.119. The van der Waals surface area contributed by atoms with E-state index in [1.54, 1.807) is 6.92 Å². The fourth-order valence-corrected chi connectivity index (χ4v) is 5.20. The van der Waals surface area contributed by atoms with Crippen molar-refractivity contribution in [2.45, 2.75) is 38.0 Å². The van der Waals surface area contributed by atoms with E-state index < -0.39 is 34.1 Å². The zero-order valence-electron chi connectivity index (χ0n) is 18.7. The number of sulfonamides is 1. The number of methoxy groups -OCH3 is 1. The van der Waals surface area contributed by atoms with Crippen molar-refractivity contribution in [1.82, 2.24) is 4.31 Å². The normalized spacial score (nSPS) is 14.5. The summed E-state index contributed by atoms with van der Waals surface area (Å²) in [7, 11) is -2.33. The molecule has 10 nitrogen and oxygen atoms in total. The molecule has 1 amide bonds. The Kier molecular flexibility index (Phi) is 7.54. The van der Waals surface area contributed by atoms with E-state index in [4.69, 9.17) is 13.9 Å². The van der Waals surface area contributed by atoms with Crippen LogP contribution in [0.5, 0.6) is 5.75 Å². The van der Waals surface area contributed by atoms with Gasteiger partial charge >= 0.3 is 11.6 Å². The van der Waals surface area contributed by atoms with Gasteiger partial charge in [-0.05, 0) is 50.5 Å². The number of carbonyl (C=O) groups is 2. The number of aryl methyl sites for hydroxylation is 2. The predicted octanol–water partition coefficient (Wildman–Crippen LogP) is 2.24. The van der Waals surface area contributed by atoms with Crippen LogP contribution in [0.25, 0.3) is 0 Å². The summed E-state index contributed by atoms with van der Waals surface area (Å²) < 4.78 is 42.5. The molecule has 1 saturated heterocycles. The fourth-order valence-electron chi connectivity index (χ4n) is 3.65. The highest BCUT2D eigenvalue weighted by molar-refractivity contribution is 7.89. The number of ether oxygens (including phenoxy) is 2. The Labute approximate surface area is 191 Å². The van der Waals surface area contributed by atoms with Crippen LogP contribution < -0.4 is 15.7 Å². The molecule has 3 rings (SSSR count). The average Bonchev–Trinajstić information content (AvgIpc) is 2.77. The minimum Gasteiger partial charge on any atom is -0.495 e. The number of rotatable bonds is 7. The molecule has 0 radical (unpaired) electrons. The Morgan fingerprint density at radius 3 is 2.45 bits per heavy atom. The summed E-state index contributed by atoms with van der Waals surface area (Å²) in [4.78, 5) is 36.2. The van der Waals surface area contributed by atoms with Crippen molar-refractivity contribution >= 4 is 27.6 Å². The molecule has 178 valence electrons. The maximum absolute atomic E-state index is 13.0. The third-order valence-corrected chi connectivity index (χ3v) is 7.17. The van der Waals surface area contributed by atoms with Gasteiger partial charge in [0.15, 0.2) is 6.61 Å². The molecule has 2 heterocycles. The molecule has 1 aliphatic heterocycles. The first kappa shape index (κ1) is 24.5. The minimum atomic E-state index is -3.71. The van der Waals surface area contributed by atoms with Crippen molar-refractivity contribution in [3.63, 3.8) is 0 Å². The van der Waals surface area contributed by atoms with Gasteiger partial charge in [-0.25, -0.2) is 18.0 Å². The minimum absolute atomic E-state index is 0.0306. The van der Waals surface area contributed by atoms with Crippen molar-refractivity contribution in [2.75, 3.05) is 32.1 Å². The summed E-state index contributed by atoms with van der Waals surface area (Å²) >= 11 is 0. The van der Waals surface area contributed by atoms with Crippen LogP contribution >= 0.6 is 0 Å². The molecular weight excluding hydrogens is 452 g/mol. The molecule has 0 unspecified atom stereocenters. The highest BCUT2D eigenvalue weighted by Crippen LogP contribution is 2.30. The number of benzene rings is 1. The molecule has 0 bridgehead atoms. The Morgan fingerprint density at radius 2 is 1.82 bits per heavy atom. The first-order valence-corrected chi connectivity index (χ1v) is 11.8. The molecule has 0 saturated carbocycles. The van der Waals surface area contributed by atoms with E-state index in [1.165, 1.54) is 36.5 Å². The number of nitrogens with one attached hydrogen (secondary N) is 1. The molecule has 1 aliphatic rings. The third kappa shape index (κ3) is 5.60. The third-order valence-electron chi connectivity index (χ3n) is 5.27. The molecule has 1 fully saturated rings. The van der Waals surface area contributed by atoms with Crippen molar-refractivity contribution in [3.8, 4) is 5.75 Å². The lowest BCUT2D eigenvalue weighted by atomic mass is 10.1. The van der Waals surface area contributed by atoms with Crippen molar-refractivity contribution in [1.29, 1.82) is 0 Å². The van der Waals surface area contributed by atoms with Gasteiger partial charge in [-0.1, -0.05) is 6.42 Å². The van der Waals surface area contributed by atoms with Gasteiger partial charge in [0.2, 0.25) is 10.0 Å². The van der Waals surface area contributed by atoms with Gasteiger partial charge in [0.25, 0.3) is 5.91 Å². The summed E-state index contributed by atoms with van der Waals surface area (Å²) in [5, 5.41) is 2.52. The van der Waals surface area contributed by atoms with E-state index in [1.807, 2.05) is 0 Å². The second-order valence-electron chi connectivity index (χ2n) is 7.63. The van der Waals surface area contributed by atoms with E-state index in [0.29, 0.717) is 18.7 Å². The standard InChI is InChI=1S/C22H26N2O8S/c1-14-11-20(26)32-15(2)21(14)22(27)31-13-19(25)23-17-12-16(7-8-18(17)30-3)33(28,29)24-9-5-4-6-10-24/h7-8,11-12H,4-6,9-10,13H2,1-3H3,(H,23,25). The van der Waals surface area contributed by atoms with Gasteiger partial charge in [-0.3, -0.25) is 4.79 Å². The molecule has 2 aromatic rings. The smallest absolute Gasteiger partial charge is 0.342 e. The number of nitrogens with zero attached hydrogens (tertiary/aromatic N) is 1. The van der Waals surface area contributed by atoms with Crippen LogP contribution in [0.3, 0.4) is 0 Å². The van der Waals surface area contributed by atoms with Crippen LogP contribution in [0.4, 0.5) is 5.69 Å².